The van der Waals surface area contributed by atoms with Gasteiger partial charge >= 0.3 is 0 Å². The molecule has 1 aromatic rings. The Balaban J connectivity index is 1.80. The molecule has 1 aromatic carbocycles. The zero-order valence-electron chi connectivity index (χ0n) is 11.6. The van der Waals surface area contributed by atoms with E-state index in [2.05, 4.69) is 31.3 Å². The Morgan fingerprint density at radius 3 is 2.57 bits per heavy atom. The fraction of sp³-hybridized carbons (Fsp3) is 0.429. The lowest BCUT2D eigenvalue weighted by atomic mass is 10.0. The van der Waals surface area contributed by atoms with Crippen molar-refractivity contribution in [2.45, 2.75) is 18.9 Å². The number of amides is 1. The van der Waals surface area contributed by atoms with Gasteiger partial charge in [0.25, 0.3) is 5.91 Å². The molecule has 21 heavy (non-hydrogen) atoms. The van der Waals surface area contributed by atoms with Crippen molar-refractivity contribution >= 4 is 27.7 Å². The van der Waals surface area contributed by atoms with E-state index in [0.29, 0.717) is 12.1 Å². The molecule has 0 radical (unpaired) electrons. The number of rotatable bonds is 4. The van der Waals surface area contributed by atoms with Crippen LogP contribution in [0.1, 0.15) is 23.2 Å². The highest BCUT2D eigenvalue weighted by atomic mass is 79.9. The highest BCUT2D eigenvalue weighted by Gasteiger charge is 2.21. The third kappa shape index (κ3) is 4.71. The van der Waals surface area contributed by atoms with Crippen molar-refractivity contribution in [1.82, 2.24) is 10.2 Å². The molecule has 7 heteroatoms. The minimum absolute atomic E-state index is 0.0441. The molecule has 1 aliphatic heterocycles. The number of piperidine rings is 1. The third-order valence-electron chi connectivity index (χ3n) is 3.54. The van der Waals surface area contributed by atoms with E-state index in [1.807, 2.05) is 12.1 Å². The van der Waals surface area contributed by atoms with Gasteiger partial charge in [-0.3, -0.25) is 9.69 Å². The van der Waals surface area contributed by atoms with Crippen LogP contribution in [0, 0.1) is 0 Å². The van der Waals surface area contributed by atoms with E-state index in [0.717, 1.165) is 30.4 Å². The van der Waals surface area contributed by atoms with Gasteiger partial charge in [-0.15, -0.1) is 0 Å². The molecule has 6 nitrogen and oxygen atoms in total. The predicted octanol–water partition coefficient (Wildman–Crippen LogP) is 1.39. The maximum atomic E-state index is 12.1. The van der Waals surface area contributed by atoms with Crippen molar-refractivity contribution in [3.05, 3.63) is 34.3 Å². The van der Waals surface area contributed by atoms with E-state index < -0.39 is 0 Å². The molecule has 1 heterocycles. The Hall–Kier alpha value is -1.60. The summed E-state index contributed by atoms with van der Waals surface area (Å²) in [5.74, 6) is 0.171. The Kier molecular flexibility index (Phi) is 5.58. The van der Waals surface area contributed by atoms with Crippen LogP contribution < -0.4 is 11.1 Å². The summed E-state index contributed by atoms with van der Waals surface area (Å²) in [6, 6.07) is 7.48. The van der Waals surface area contributed by atoms with Gasteiger partial charge in [0.15, 0.2) is 5.84 Å². The number of nitrogens with one attached hydrogen (secondary N) is 1. The minimum Gasteiger partial charge on any atom is -0.409 e. The summed E-state index contributed by atoms with van der Waals surface area (Å²) >= 11 is 3.35. The van der Waals surface area contributed by atoms with Crippen LogP contribution in [-0.4, -0.2) is 47.5 Å². The quantitative estimate of drug-likeness (QED) is 0.330. The monoisotopic (exact) mass is 354 g/mol. The number of carbonyl (C=O) groups is 1. The van der Waals surface area contributed by atoms with Gasteiger partial charge in [-0.1, -0.05) is 21.1 Å². The molecule has 0 bridgehead atoms. The number of hydrogen-bond acceptors (Lipinski definition) is 4. The standard InChI is InChI=1S/C14H19BrN4O2/c15-11-3-1-10(2-4-11)14(20)17-12-5-7-19(8-6-12)9-13(16)18-21/h1-4,12,21H,5-9H2,(H2,16,18)(H,17,20). The first-order valence-electron chi connectivity index (χ1n) is 6.83. The Morgan fingerprint density at radius 1 is 1.38 bits per heavy atom. The molecular formula is C14H19BrN4O2. The van der Waals surface area contributed by atoms with Crippen LogP contribution >= 0.6 is 15.9 Å². The fourth-order valence-corrected chi connectivity index (χ4v) is 2.63. The van der Waals surface area contributed by atoms with Crippen LogP contribution in [0.5, 0.6) is 0 Å². The van der Waals surface area contributed by atoms with Gasteiger partial charge in [-0.2, -0.15) is 0 Å². The van der Waals surface area contributed by atoms with Crippen LogP contribution in [0.15, 0.2) is 33.9 Å². The molecule has 0 aliphatic carbocycles. The molecule has 4 N–H and O–H groups in total. The number of nitrogens with two attached hydrogens (primary N) is 1. The molecule has 0 atom stereocenters. The Bertz CT molecular complexity index is 510. The molecular weight excluding hydrogens is 336 g/mol. The van der Waals surface area contributed by atoms with E-state index in [4.69, 9.17) is 10.9 Å². The summed E-state index contributed by atoms with van der Waals surface area (Å²) in [4.78, 5) is 14.2. The predicted molar refractivity (Wildman–Crippen MR) is 84.5 cm³/mol. The average Bonchev–Trinajstić information content (AvgIpc) is 2.49. The van der Waals surface area contributed by atoms with E-state index in [-0.39, 0.29) is 17.8 Å². The van der Waals surface area contributed by atoms with Crippen molar-refractivity contribution in [2.24, 2.45) is 10.9 Å². The van der Waals surface area contributed by atoms with Gasteiger partial charge in [0.1, 0.15) is 0 Å². The van der Waals surface area contributed by atoms with Crippen molar-refractivity contribution in [3.8, 4) is 0 Å². The minimum atomic E-state index is -0.0441. The lowest BCUT2D eigenvalue weighted by molar-refractivity contribution is 0.0914. The summed E-state index contributed by atoms with van der Waals surface area (Å²) in [5, 5.41) is 14.6. The summed E-state index contributed by atoms with van der Waals surface area (Å²) in [6.45, 7) is 2.10. The Morgan fingerprint density at radius 2 is 2.00 bits per heavy atom. The first kappa shape index (κ1) is 15.8. The van der Waals surface area contributed by atoms with Gasteiger partial charge in [-0.05, 0) is 37.1 Å². The second-order valence-electron chi connectivity index (χ2n) is 5.12. The van der Waals surface area contributed by atoms with Crippen molar-refractivity contribution in [1.29, 1.82) is 0 Å². The van der Waals surface area contributed by atoms with Crippen molar-refractivity contribution in [3.63, 3.8) is 0 Å². The van der Waals surface area contributed by atoms with Gasteiger partial charge in [0, 0.05) is 29.2 Å². The summed E-state index contributed by atoms with van der Waals surface area (Å²) in [6.07, 6.45) is 1.72. The molecule has 1 aliphatic rings. The Labute approximate surface area is 132 Å². The van der Waals surface area contributed by atoms with E-state index >= 15 is 0 Å². The fourth-order valence-electron chi connectivity index (χ4n) is 2.37. The number of nitrogens with zero attached hydrogens (tertiary/aromatic N) is 2. The SMILES string of the molecule is NC(CN1CCC(NC(=O)c2ccc(Br)cc2)CC1)=NO. The molecule has 2 rings (SSSR count). The molecule has 1 amide bonds. The highest BCUT2D eigenvalue weighted by Crippen LogP contribution is 2.13. The zero-order valence-corrected chi connectivity index (χ0v) is 13.2. The van der Waals surface area contributed by atoms with Crippen LogP contribution in [0.3, 0.4) is 0 Å². The maximum Gasteiger partial charge on any atom is 0.251 e. The van der Waals surface area contributed by atoms with E-state index in [9.17, 15) is 4.79 Å². The third-order valence-corrected chi connectivity index (χ3v) is 4.07. The van der Waals surface area contributed by atoms with Gasteiger partial charge in [0.05, 0.1) is 6.54 Å². The summed E-state index contributed by atoms with van der Waals surface area (Å²) < 4.78 is 0.954. The second-order valence-corrected chi connectivity index (χ2v) is 6.04. The number of amidine groups is 1. The molecule has 0 aromatic heterocycles. The number of oxime groups is 1. The van der Waals surface area contributed by atoms with Gasteiger partial charge in [0.2, 0.25) is 0 Å². The largest absolute Gasteiger partial charge is 0.409 e. The molecule has 114 valence electrons. The van der Waals surface area contributed by atoms with Gasteiger partial charge in [-0.25, -0.2) is 0 Å². The van der Waals surface area contributed by atoms with Crippen molar-refractivity contribution in [2.75, 3.05) is 19.6 Å². The van der Waals surface area contributed by atoms with Crippen molar-refractivity contribution < 1.29 is 10.0 Å². The van der Waals surface area contributed by atoms with Crippen LogP contribution in [0.4, 0.5) is 0 Å². The molecule has 0 saturated carbocycles. The average molecular weight is 355 g/mol. The smallest absolute Gasteiger partial charge is 0.251 e. The first-order valence-corrected chi connectivity index (χ1v) is 7.63. The number of carbonyl (C=O) groups excluding carboxylic acids is 1. The zero-order chi connectivity index (χ0) is 15.2. The van der Waals surface area contributed by atoms with Crippen LogP contribution in [-0.2, 0) is 0 Å². The summed E-state index contributed by atoms with van der Waals surface area (Å²) in [7, 11) is 0. The molecule has 1 saturated heterocycles. The number of likely N-dealkylation sites (tertiary alicyclic amines) is 1. The second kappa shape index (κ2) is 7.42. The normalized spacial score (nSPS) is 17.7. The first-order chi connectivity index (χ1) is 10.1. The maximum absolute atomic E-state index is 12.1. The van der Waals surface area contributed by atoms with Crippen LogP contribution in [0.2, 0.25) is 0 Å². The summed E-state index contributed by atoms with van der Waals surface area (Å²) in [5.41, 5.74) is 6.16. The van der Waals surface area contributed by atoms with E-state index in [1.54, 1.807) is 12.1 Å². The van der Waals surface area contributed by atoms with Crippen LogP contribution in [0.25, 0.3) is 0 Å². The van der Waals surface area contributed by atoms with Gasteiger partial charge < -0.3 is 16.3 Å². The molecule has 0 unspecified atom stereocenters. The lowest BCUT2D eigenvalue weighted by Crippen LogP contribution is -2.46. The van der Waals surface area contributed by atoms with E-state index in [1.165, 1.54) is 0 Å². The lowest BCUT2D eigenvalue weighted by Gasteiger charge is -2.31. The molecule has 0 spiro atoms. The number of hydrogen-bond donors (Lipinski definition) is 3. The number of benzene rings is 1. The molecule has 1 fully saturated rings. The number of halogens is 1. The topological polar surface area (TPSA) is 91.0 Å². The highest BCUT2D eigenvalue weighted by molar-refractivity contribution is 9.10.